The maximum Gasteiger partial charge on any atom is 0.413 e. The van der Waals surface area contributed by atoms with Gasteiger partial charge in [0.1, 0.15) is 6.07 Å². The van der Waals surface area contributed by atoms with E-state index in [4.69, 9.17) is 13.0 Å². The van der Waals surface area contributed by atoms with Crippen LogP contribution in [0, 0.1) is 29.6 Å². The Morgan fingerprint density at radius 3 is 2.61 bits per heavy atom. The Balaban J connectivity index is 1.62. The number of nitrogens with one attached hydrogen (secondary N) is 4. The highest BCUT2D eigenvalue weighted by atomic mass is 35.5. The topological polar surface area (TPSA) is 101 Å². The zero-order valence-electron chi connectivity index (χ0n) is 23.8. The van der Waals surface area contributed by atoms with Crippen LogP contribution in [-0.2, 0) is 0 Å². The first-order valence-corrected chi connectivity index (χ1v) is 13.3. The molecule has 41 heavy (non-hydrogen) atoms. The quantitative estimate of drug-likeness (QED) is 0.184. The van der Waals surface area contributed by atoms with Crippen LogP contribution in [0.15, 0.2) is 42.3 Å². The molecule has 3 heterocycles. The average Bonchev–Trinajstić information content (AvgIpc) is 3.62. The van der Waals surface area contributed by atoms with Gasteiger partial charge in [-0.1, -0.05) is 38.4 Å². The second kappa shape index (κ2) is 10.2. The summed E-state index contributed by atoms with van der Waals surface area (Å²) < 4.78 is 64.4. The van der Waals surface area contributed by atoms with Gasteiger partial charge in [0, 0.05) is 41.2 Å². The van der Waals surface area contributed by atoms with Crippen molar-refractivity contribution in [2.75, 3.05) is 17.2 Å². The number of rotatable bonds is 7. The lowest BCUT2D eigenvalue weighted by atomic mass is 9.96. The number of hydrogen-bond acceptors (Lipinski definition) is 8. The van der Waals surface area contributed by atoms with E-state index in [9.17, 15) is 22.8 Å². The molecule has 216 valence electrons. The Bertz CT molecular complexity index is 1630. The molecule has 8 nitrogen and oxygen atoms in total. The Labute approximate surface area is 241 Å². The van der Waals surface area contributed by atoms with E-state index in [0.29, 0.717) is 39.9 Å². The van der Waals surface area contributed by atoms with E-state index in [2.05, 4.69) is 37.6 Å². The molecule has 1 saturated carbocycles. The third-order valence-electron chi connectivity index (χ3n) is 7.06. The first kappa shape index (κ1) is 27.4. The van der Waals surface area contributed by atoms with Crippen LogP contribution in [0.3, 0.4) is 0 Å². The summed E-state index contributed by atoms with van der Waals surface area (Å²) in [4.78, 5) is 8.26. The number of anilines is 2. The van der Waals surface area contributed by atoms with Crippen molar-refractivity contribution in [3.63, 3.8) is 0 Å². The van der Waals surface area contributed by atoms with E-state index in [1.165, 1.54) is 12.3 Å². The number of benzene rings is 1. The SMILES string of the molecule is [2H]C1=C([C@@H](Nc2cc(Cl)c3ncc(C#N)c(NCC(C)(C)C)c3c2)c2ccc(F)nc2C)NNN1C1(C(F)(F)F)CC1. The van der Waals surface area contributed by atoms with Gasteiger partial charge in [-0.25, -0.2) is 4.98 Å². The molecule has 0 saturated heterocycles. The molecule has 0 unspecified atom stereocenters. The van der Waals surface area contributed by atoms with Crippen LogP contribution in [-0.4, -0.2) is 33.2 Å². The molecule has 2 aromatic heterocycles. The molecule has 3 aromatic rings. The second-order valence-electron chi connectivity index (χ2n) is 11.4. The number of aryl methyl sites for hydroxylation is 1. The van der Waals surface area contributed by atoms with Crippen molar-refractivity contribution < 1.29 is 18.9 Å². The van der Waals surface area contributed by atoms with Gasteiger partial charge in [0.05, 0.1) is 34.9 Å². The molecule has 5 rings (SSSR count). The Hall–Kier alpha value is -3.82. The number of hydrogen-bond donors (Lipinski definition) is 4. The maximum absolute atomic E-state index is 13.9. The molecule has 2 aliphatic rings. The summed E-state index contributed by atoms with van der Waals surface area (Å²) in [7, 11) is 0. The summed E-state index contributed by atoms with van der Waals surface area (Å²) in [5.74, 6) is -0.721. The number of aromatic nitrogens is 2. The molecular weight excluding hydrogens is 560 g/mol. The van der Waals surface area contributed by atoms with Gasteiger partial charge in [0.25, 0.3) is 0 Å². The normalized spacial score (nSPS) is 17.7. The summed E-state index contributed by atoms with van der Waals surface area (Å²) >= 11 is 6.65. The van der Waals surface area contributed by atoms with Crippen LogP contribution >= 0.6 is 11.6 Å². The average molecular weight is 590 g/mol. The van der Waals surface area contributed by atoms with Crippen molar-refractivity contribution in [3.05, 3.63) is 70.1 Å². The Morgan fingerprint density at radius 1 is 1.27 bits per heavy atom. The van der Waals surface area contributed by atoms with Gasteiger partial charge in [-0.2, -0.15) is 22.8 Å². The highest BCUT2D eigenvalue weighted by Crippen LogP contribution is 2.53. The maximum atomic E-state index is 13.9. The van der Waals surface area contributed by atoms with Gasteiger partial charge in [-0.15, -0.1) is 5.53 Å². The number of nitrogens with zero attached hydrogens (tertiary/aromatic N) is 4. The van der Waals surface area contributed by atoms with Gasteiger partial charge in [-0.05, 0) is 43.4 Å². The standard InChI is InChI=1S/C28H29ClF4N8/c1-15-18(5-6-22(30)37-15)25(21-13-41(40-39-21)27(7-8-27)28(31,32)33)38-17-9-19-23(36-14-26(2,3)4)16(11-34)12-35-24(19)20(29)10-17/h5-6,9-10,12-13,25,38-40H,7-8,14H2,1-4H3,(H,35,36)/t25-/m0/s1/i13D. The van der Waals surface area contributed by atoms with Crippen molar-refractivity contribution in [3.8, 4) is 6.07 Å². The fourth-order valence-electron chi connectivity index (χ4n) is 4.69. The predicted molar refractivity (Wildman–Crippen MR) is 149 cm³/mol. The van der Waals surface area contributed by atoms with Crippen LogP contribution in [0.4, 0.5) is 28.9 Å². The van der Waals surface area contributed by atoms with Gasteiger partial charge >= 0.3 is 6.18 Å². The smallest absolute Gasteiger partial charge is 0.383 e. The van der Waals surface area contributed by atoms with Crippen molar-refractivity contribution in [1.29, 1.82) is 5.26 Å². The van der Waals surface area contributed by atoms with Crippen LogP contribution in [0.2, 0.25) is 5.02 Å². The lowest BCUT2D eigenvalue weighted by Gasteiger charge is -2.28. The molecule has 1 fully saturated rings. The number of nitriles is 1. The third kappa shape index (κ3) is 5.56. The van der Waals surface area contributed by atoms with Gasteiger partial charge < -0.3 is 16.1 Å². The van der Waals surface area contributed by atoms with Crippen molar-refractivity contribution >= 4 is 33.9 Å². The minimum absolute atomic E-state index is 0.0771. The minimum atomic E-state index is -4.56. The largest absolute Gasteiger partial charge is 0.413 e. The molecular formula is C28H29ClF4N8. The number of halogens is 5. The summed E-state index contributed by atoms with van der Waals surface area (Å²) in [5.41, 5.74) is 5.44. The van der Waals surface area contributed by atoms with Gasteiger partial charge in [0.2, 0.25) is 5.95 Å². The van der Waals surface area contributed by atoms with Crippen LogP contribution in [0.1, 0.15) is 57.8 Å². The Morgan fingerprint density at radius 2 is 2.00 bits per heavy atom. The van der Waals surface area contributed by atoms with E-state index < -0.39 is 29.9 Å². The van der Waals surface area contributed by atoms with Crippen LogP contribution in [0.25, 0.3) is 10.9 Å². The first-order chi connectivity index (χ1) is 19.6. The number of fused-ring (bicyclic) bond motifs is 1. The van der Waals surface area contributed by atoms with Crippen molar-refractivity contribution in [2.45, 2.75) is 58.3 Å². The van der Waals surface area contributed by atoms with E-state index in [0.717, 1.165) is 11.1 Å². The van der Waals surface area contributed by atoms with E-state index in [1.807, 2.05) is 20.8 Å². The first-order valence-electron chi connectivity index (χ1n) is 13.4. The molecule has 1 aliphatic carbocycles. The fraction of sp³-hybridized carbons (Fsp3) is 0.393. The molecule has 0 amide bonds. The lowest BCUT2D eigenvalue weighted by molar-refractivity contribution is -0.195. The molecule has 4 N–H and O–H groups in total. The molecule has 13 heteroatoms. The van der Waals surface area contributed by atoms with Crippen LogP contribution in [0.5, 0.6) is 0 Å². The summed E-state index contributed by atoms with van der Waals surface area (Å²) in [6.45, 7) is 8.24. The molecule has 0 spiro atoms. The highest BCUT2D eigenvalue weighted by Gasteiger charge is 2.67. The molecule has 1 aromatic carbocycles. The lowest BCUT2D eigenvalue weighted by Crippen LogP contribution is -2.52. The monoisotopic (exact) mass is 589 g/mol. The number of pyridine rings is 2. The molecule has 1 atom stereocenters. The summed E-state index contributed by atoms with van der Waals surface area (Å²) in [6.07, 6.45) is -3.85. The predicted octanol–water partition coefficient (Wildman–Crippen LogP) is 6.47. The van der Waals surface area contributed by atoms with Gasteiger partial charge in [-0.3, -0.25) is 9.99 Å². The zero-order chi connectivity index (χ0) is 30.6. The van der Waals surface area contributed by atoms with E-state index in [1.54, 1.807) is 19.1 Å². The molecule has 0 radical (unpaired) electrons. The Kier molecular flexibility index (Phi) is 6.82. The van der Waals surface area contributed by atoms with Crippen molar-refractivity contribution in [2.24, 2.45) is 5.41 Å². The highest BCUT2D eigenvalue weighted by molar-refractivity contribution is 6.35. The van der Waals surface area contributed by atoms with Gasteiger partial charge in [0.15, 0.2) is 5.54 Å². The zero-order valence-corrected chi connectivity index (χ0v) is 23.5. The number of alkyl halides is 3. The van der Waals surface area contributed by atoms with E-state index in [-0.39, 0.29) is 34.7 Å². The molecule has 1 aliphatic heterocycles. The van der Waals surface area contributed by atoms with Crippen molar-refractivity contribution in [1.82, 2.24) is 25.9 Å². The third-order valence-corrected chi connectivity index (χ3v) is 7.35. The summed E-state index contributed by atoms with van der Waals surface area (Å²) in [6, 6.07) is 7.12. The van der Waals surface area contributed by atoms with E-state index >= 15 is 0 Å². The minimum Gasteiger partial charge on any atom is -0.383 e. The molecule has 0 bridgehead atoms. The second-order valence-corrected chi connectivity index (χ2v) is 11.8. The van der Waals surface area contributed by atoms with Crippen LogP contribution < -0.4 is 21.6 Å². The fourth-order valence-corrected chi connectivity index (χ4v) is 4.95. The number of hydrazine groups is 2. The summed E-state index contributed by atoms with van der Waals surface area (Å²) in [5, 5.41) is 18.0.